The summed E-state index contributed by atoms with van der Waals surface area (Å²) in [6.45, 7) is 5.75. The lowest BCUT2D eigenvalue weighted by Gasteiger charge is -2.14. The van der Waals surface area contributed by atoms with Gasteiger partial charge in [0.05, 0.1) is 19.6 Å². The highest BCUT2D eigenvalue weighted by Gasteiger charge is 2.14. The molecule has 1 heterocycles. The van der Waals surface area contributed by atoms with Crippen molar-refractivity contribution in [2.75, 3.05) is 27.0 Å². The predicted octanol–water partition coefficient (Wildman–Crippen LogP) is 1.28. The van der Waals surface area contributed by atoms with Gasteiger partial charge in [-0.15, -0.1) is 0 Å². The second-order valence-corrected chi connectivity index (χ2v) is 5.19. The molecule has 2 rings (SSSR count). The number of nitrogens with zero attached hydrogens (tertiary/aromatic N) is 1. The molecule has 0 bridgehead atoms. The Balaban J connectivity index is 1.94. The number of guanidine groups is 1. The van der Waals surface area contributed by atoms with Crippen molar-refractivity contribution in [2.24, 2.45) is 10.9 Å². The van der Waals surface area contributed by atoms with Crippen LogP contribution in [-0.4, -0.2) is 38.9 Å². The number of benzene rings is 1. The number of hydrogen-bond acceptors (Lipinski definition) is 5. The molecule has 1 atom stereocenters. The number of esters is 1. The summed E-state index contributed by atoms with van der Waals surface area (Å²) in [7, 11) is 1.39. The van der Waals surface area contributed by atoms with Crippen molar-refractivity contribution < 1.29 is 19.0 Å². The first-order valence-electron chi connectivity index (χ1n) is 7.62. The lowest BCUT2D eigenvalue weighted by atomic mass is 10.2. The number of carbonyl (C=O) groups excluding carboxylic acids is 1. The topological polar surface area (TPSA) is 81.2 Å². The monoisotopic (exact) mass is 321 g/mol. The van der Waals surface area contributed by atoms with Gasteiger partial charge in [-0.05, 0) is 24.6 Å². The molecule has 0 amide bonds. The van der Waals surface area contributed by atoms with Gasteiger partial charge in [-0.2, -0.15) is 0 Å². The zero-order valence-electron chi connectivity index (χ0n) is 13.7. The van der Waals surface area contributed by atoms with Gasteiger partial charge in [0.2, 0.25) is 6.79 Å². The molecule has 0 saturated heterocycles. The molecule has 1 aromatic rings. The van der Waals surface area contributed by atoms with E-state index in [1.165, 1.54) is 7.11 Å². The fourth-order valence-corrected chi connectivity index (χ4v) is 2.09. The summed E-state index contributed by atoms with van der Waals surface area (Å²) >= 11 is 0. The van der Waals surface area contributed by atoms with E-state index in [-0.39, 0.29) is 18.7 Å². The summed E-state index contributed by atoms with van der Waals surface area (Å²) in [5.74, 6) is 1.67. The largest absolute Gasteiger partial charge is 0.469 e. The van der Waals surface area contributed by atoms with Gasteiger partial charge in [0.1, 0.15) is 0 Å². The van der Waals surface area contributed by atoms with Crippen LogP contribution in [0.4, 0.5) is 0 Å². The molecule has 0 saturated carbocycles. The van der Waals surface area contributed by atoms with E-state index >= 15 is 0 Å². The summed E-state index contributed by atoms with van der Waals surface area (Å²) in [4.78, 5) is 15.9. The molecular formula is C16H23N3O4. The van der Waals surface area contributed by atoms with Gasteiger partial charge in [-0.25, -0.2) is 4.99 Å². The molecule has 0 fully saturated rings. The van der Waals surface area contributed by atoms with E-state index in [9.17, 15) is 4.79 Å². The highest BCUT2D eigenvalue weighted by atomic mass is 16.7. The number of hydrogen-bond donors (Lipinski definition) is 2. The maximum Gasteiger partial charge on any atom is 0.310 e. The van der Waals surface area contributed by atoms with E-state index in [4.69, 9.17) is 14.2 Å². The SMILES string of the molecule is CCNC(=NCc1ccc2c(c1)OCO2)NCC(C)C(=O)OC. The second-order valence-electron chi connectivity index (χ2n) is 5.19. The van der Waals surface area contributed by atoms with Gasteiger partial charge in [-0.1, -0.05) is 13.0 Å². The molecule has 1 aliphatic rings. The van der Waals surface area contributed by atoms with Gasteiger partial charge in [0, 0.05) is 13.1 Å². The van der Waals surface area contributed by atoms with Crippen molar-refractivity contribution in [3.63, 3.8) is 0 Å². The number of methoxy groups -OCH3 is 1. The highest BCUT2D eigenvalue weighted by Crippen LogP contribution is 2.32. The third-order valence-corrected chi connectivity index (χ3v) is 3.38. The molecule has 0 spiro atoms. The minimum Gasteiger partial charge on any atom is -0.469 e. The zero-order chi connectivity index (χ0) is 16.7. The summed E-state index contributed by atoms with van der Waals surface area (Å²) in [5.41, 5.74) is 1.02. The Morgan fingerprint density at radius 1 is 1.35 bits per heavy atom. The van der Waals surface area contributed by atoms with Crippen molar-refractivity contribution >= 4 is 11.9 Å². The van der Waals surface area contributed by atoms with Crippen LogP contribution >= 0.6 is 0 Å². The Hall–Kier alpha value is -2.44. The second kappa shape index (κ2) is 8.26. The molecular weight excluding hydrogens is 298 g/mol. The normalized spacial score (nSPS) is 14.3. The molecule has 7 nitrogen and oxygen atoms in total. The van der Waals surface area contributed by atoms with Crippen molar-refractivity contribution in [2.45, 2.75) is 20.4 Å². The van der Waals surface area contributed by atoms with E-state index in [2.05, 4.69) is 15.6 Å². The minimum absolute atomic E-state index is 0.241. The van der Waals surface area contributed by atoms with Crippen LogP contribution in [0.3, 0.4) is 0 Å². The first-order valence-corrected chi connectivity index (χ1v) is 7.62. The Labute approximate surface area is 136 Å². The minimum atomic E-state index is -0.246. The van der Waals surface area contributed by atoms with Gasteiger partial charge < -0.3 is 24.8 Å². The van der Waals surface area contributed by atoms with Gasteiger partial charge in [0.15, 0.2) is 17.5 Å². The van der Waals surface area contributed by atoms with Gasteiger partial charge >= 0.3 is 5.97 Å². The van der Waals surface area contributed by atoms with Crippen LogP contribution in [0.25, 0.3) is 0 Å². The average molecular weight is 321 g/mol. The van der Waals surface area contributed by atoms with Crippen molar-refractivity contribution in [1.29, 1.82) is 0 Å². The molecule has 0 radical (unpaired) electrons. The molecule has 0 aliphatic carbocycles. The Kier molecular flexibility index (Phi) is 6.08. The predicted molar refractivity (Wildman–Crippen MR) is 86.6 cm³/mol. The quantitative estimate of drug-likeness (QED) is 0.467. The van der Waals surface area contributed by atoms with Crippen LogP contribution in [-0.2, 0) is 16.1 Å². The van der Waals surface area contributed by atoms with E-state index in [0.717, 1.165) is 23.6 Å². The van der Waals surface area contributed by atoms with Crippen LogP contribution in [0.5, 0.6) is 11.5 Å². The van der Waals surface area contributed by atoms with Crippen molar-refractivity contribution in [3.8, 4) is 11.5 Å². The number of ether oxygens (including phenoxy) is 3. The first kappa shape index (κ1) is 16.9. The van der Waals surface area contributed by atoms with Crippen molar-refractivity contribution in [3.05, 3.63) is 23.8 Å². The molecule has 1 unspecified atom stereocenters. The molecule has 0 aromatic heterocycles. The Bertz CT molecular complexity index is 574. The maximum absolute atomic E-state index is 11.4. The van der Waals surface area contributed by atoms with Gasteiger partial charge in [-0.3, -0.25) is 4.79 Å². The van der Waals surface area contributed by atoms with Crippen LogP contribution in [0.2, 0.25) is 0 Å². The highest BCUT2D eigenvalue weighted by molar-refractivity contribution is 5.80. The lowest BCUT2D eigenvalue weighted by Crippen LogP contribution is -2.40. The number of carbonyl (C=O) groups is 1. The summed E-state index contributed by atoms with van der Waals surface area (Å²) in [6, 6.07) is 5.76. The number of rotatable bonds is 6. The van der Waals surface area contributed by atoms with E-state index in [1.807, 2.05) is 25.1 Å². The first-order chi connectivity index (χ1) is 11.1. The van der Waals surface area contributed by atoms with Crippen LogP contribution in [0.1, 0.15) is 19.4 Å². The molecule has 7 heteroatoms. The van der Waals surface area contributed by atoms with Crippen LogP contribution in [0, 0.1) is 5.92 Å². The fourth-order valence-electron chi connectivity index (χ4n) is 2.09. The van der Waals surface area contributed by atoms with E-state index < -0.39 is 0 Å². The standard InChI is InChI=1S/C16H23N3O4/c1-4-17-16(18-8-11(2)15(20)21-3)19-9-12-5-6-13-14(7-12)23-10-22-13/h5-7,11H,4,8-10H2,1-3H3,(H2,17,18,19). The number of fused-ring (bicyclic) bond motifs is 1. The number of aliphatic imine (C=N–C) groups is 1. The van der Waals surface area contributed by atoms with Crippen molar-refractivity contribution in [1.82, 2.24) is 10.6 Å². The maximum atomic E-state index is 11.4. The Morgan fingerprint density at radius 3 is 2.87 bits per heavy atom. The lowest BCUT2D eigenvalue weighted by molar-refractivity contribution is -0.144. The third-order valence-electron chi connectivity index (χ3n) is 3.38. The summed E-state index contributed by atoms with van der Waals surface area (Å²) in [6.07, 6.45) is 0. The Morgan fingerprint density at radius 2 is 2.13 bits per heavy atom. The third kappa shape index (κ3) is 4.77. The van der Waals surface area contributed by atoms with Gasteiger partial charge in [0.25, 0.3) is 0 Å². The average Bonchev–Trinajstić information content (AvgIpc) is 3.03. The smallest absolute Gasteiger partial charge is 0.310 e. The summed E-state index contributed by atoms with van der Waals surface area (Å²) in [5, 5.41) is 6.29. The fraction of sp³-hybridized carbons (Fsp3) is 0.500. The zero-order valence-corrected chi connectivity index (χ0v) is 13.7. The molecule has 1 aliphatic heterocycles. The number of nitrogens with one attached hydrogen (secondary N) is 2. The van der Waals surface area contributed by atoms with E-state index in [1.54, 1.807) is 6.92 Å². The van der Waals surface area contributed by atoms with Crippen LogP contribution < -0.4 is 20.1 Å². The van der Waals surface area contributed by atoms with E-state index in [0.29, 0.717) is 19.0 Å². The van der Waals surface area contributed by atoms with Crippen LogP contribution in [0.15, 0.2) is 23.2 Å². The molecule has 23 heavy (non-hydrogen) atoms. The molecule has 126 valence electrons. The molecule has 2 N–H and O–H groups in total. The molecule has 1 aromatic carbocycles. The summed E-state index contributed by atoms with van der Waals surface area (Å²) < 4.78 is 15.4.